The number of nitrogens with two attached hydrogens (primary N) is 1. The van der Waals surface area contributed by atoms with Gasteiger partial charge < -0.3 is 5.43 Å². The highest BCUT2D eigenvalue weighted by Crippen LogP contribution is 2.25. The van der Waals surface area contributed by atoms with Gasteiger partial charge in [0.05, 0.1) is 4.88 Å². The third kappa shape index (κ3) is 2.20. The van der Waals surface area contributed by atoms with Gasteiger partial charge in [-0.1, -0.05) is 19.4 Å². The molecule has 0 amide bonds. The lowest BCUT2D eigenvalue weighted by atomic mass is 10.1. The third-order valence-electron chi connectivity index (χ3n) is 2.30. The third-order valence-corrected chi connectivity index (χ3v) is 3.19. The molecular weight excluding hydrogens is 220 g/mol. The number of thiophene rings is 1. The molecule has 0 unspecified atom stereocenters. The van der Waals surface area contributed by atoms with Gasteiger partial charge in [0.2, 0.25) is 0 Å². The van der Waals surface area contributed by atoms with E-state index in [2.05, 4.69) is 28.6 Å². The molecule has 5 heteroatoms. The first kappa shape index (κ1) is 11.0. The molecule has 0 fully saturated rings. The summed E-state index contributed by atoms with van der Waals surface area (Å²) in [6, 6.07) is 6.10. The first-order valence-electron chi connectivity index (χ1n) is 5.22. The number of nitrogen functional groups attached to an aromatic ring is 1. The number of aromatic nitrogens is 2. The Hall–Kier alpha value is -1.46. The highest BCUT2D eigenvalue weighted by Gasteiger charge is 2.07. The van der Waals surface area contributed by atoms with Crippen LogP contribution in [0.3, 0.4) is 0 Å². The predicted molar refractivity (Wildman–Crippen MR) is 67.2 cm³/mol. The lowest BCUT2D eigenvalue weighted by Crippen LogP contribution is -2.12. The van der Waals surface area contributed by atoms with E-state index in [1.165, 1.54) is 0 Å². The molecule has 2 aromatic rings. The van der Waals surface area contributed by atoms with Crippen LogP contribution >= 0.6 is 11.3 Å². The highest BCUT2D eigenvalue weighted by molar-refractivity contribution is 7.13. The fraction of sp³-hybridized carbons (Fsp3) is 0.273. The first-order valence-corrected chi connectivity index (χ1v) is 6.10. The van der Waals surface area contributed by atoms with Gasteiger partial charge in [-0.15, -0.1) is 21.5 Å². The van der Waals surface area contributed by atoms with Gasteiger partial charge >= 0.3 is 0 Å². The summed E-state index contributed by atoms with van der Waals surface area (Å²) >= 11 is 1.66. The van der Waals surface area contributed by atoms with Crippen LogP contribution in [0.1, 0.15) is 18.9 Å². The van der Waals surface area contributed by atoms with Crippen molar-refractivity contribution in [1.29, 1.82) is 0 Å². The van der Waals surface area contributed by atoms with Crippen LogP contribution in [0.5, 0.6) is 0 Å². The zero-order valence-corrected chi connectivity index (χ0v) is 9.92. The minimum absolute atomic E-state index is 0.669. The summed E-state index contributed by atoms with van der Waals surface area (Å²) in [7, 11) is 0. The lowest BCUT2D eigenvalue weighted by Gasteiger charge is -2.07. The number of hydrazine groups is 1. The number of anilines is 1. The molecule has 0 radical (unpaired) electrons. The van der Waals surface area contributed by atoms with Crippen LogP contribution in [0.25, 0.3) is 10.6 Å². The van der Waals surface area contributed by atoms with Gasteiger partial charge in [0.1, 0.15) is 5.69 Å². The van der Waals surface area contributed by atoms with Crippen molar-refractivity contribution in [3.63, 3.8) is 0 Å². The molecule has 0 aliphatic heterocycles. The second kappa shape index (κ2) is 5.05. The van der Waals surface area contributed by atoms with Crippen LogP contribution in [-0.2, 0) is 6.42 Å². The van der Waals surface area contributed by atoms with E-state index < -0.39 is 0 Å². The zero-order valence-electron chi connectivity index (χ0n) is 9.10. The SMILES string of the molecule is CCCc1cc(-c2cccs2)nnc1NN. The summed E-state index contributed by atoms with van der Waals surface area (Å²) in [5, 5.41) is 10.3. The number of nitrogens with one attached hydrogen (secondary N) is 1. The van der Waals surface area contributed by atoms with Gasteiger partial charge in [0.25, 0.3) is 0 Å². The number of aryl methyl sites for hydroxylation is 1. The zero-order chi connectivity index (χ0) is 11.4. The maximum atomic E-state index is 5.40. The fourth-order valence-electron chi connectivity index (χ4n) is 1.56. The van der Waals surface area contributed by atoms with Crippen LogP contribution in [0.2, 0.25) is 0 Å². The molecule has 0 spiro atoms. The van der Waals surface area contributed by atoms with E-state index in [-0.39, 0.29) is 0 Å². The number of hydrogen-bond acceptors (Lipinski definition) is 5. The van der Waals surface area contributed by atoms with E-state index in [1.807, 2.05) is 17.5 Å². The average molecular weight is 234 g/mol. The Kier molecular flexibility index (Phi) is 3.48. The van der Waals surface area contributed by atoms with Gasteiger partial charge in [-0.2, -0.15) is 0 Å². The average Bonchev–Trinajstić information content (AvgIpc) is 2.83. The second-order valence-corrected chi connectivity index (χ2v) is 4.42. The molecule has 16 heavy (non-hydrogen) atoms. The molecule has 0 bridgehead atoms. The van der Waals surface area contributed by atoms with E-state index in [9.17, 15) is 0 Å². The van der Waals surface area contributed by atoms with Gasteiger partial charge in [-0.05, 0) is 29.5 Å². The summed E-state index contributed by atoms with van der Waals surface area (Å²) in [6.45, 7) is 2.13. The quantitative estimate of drug-likeness (QED) is 0.630. The van der Waals surface area contributed by atoms with E-state index in [4.69, 9.17) is 5.84 Å². The topological polar surface area (TPSA) is 63.8 Å². The van der Waals surface area contributed by atoms with Gasteiger partial charge in [-0.25, -0.2) is 5.84 Å². The summed E-state index contributed by atoms with van der Waals surface area (Å²) < 4.78 is 0. The minimum atomic E-state index is 0.669. The minimum Gasteiger partial charge on any atom is -0.307 e. The molecule has 3 N–H and O–H groups in total. The largest absolute Gasteiger partial charge is 0.307 e. The van der Waals surface area contributed by atoms with Gasteiger partial charge in [0.15, 0.2) is 5.82 Å². The Labute approximate surface area is 98.5 Å². The number of nitrogens with zero attached hydrogens (tertiary/aromatic N) is 2. The molecule has 2 aromatic heterocycles. The number of rotatable bonds is 4. The maximum absolute atomic E-state index is 5.40. The molecule has 0 saturated heterocycles. The smallest absolute Gasteiger partial charge is 0.165 e. The van der Waals surface area contributed by atoms with E-state index in [0.717, 1.165) is 29.0 Å². The summed E-state index contributed by atoms with van der Waals surface area (Å²) in [6.07, 6.45) is 2.01. The molecule has 0 aliphatic carbocycles. The van der Waals surface area contributed by atoms with Crippen molar-refractivity contribution < 1.29 is 0 Å². The van der Waals surface area contributed by atoms with Crippen molar-refractivity contribution in [2.24, 2.45) is 5.84 Å². The molecule has 0 aromatic carbocycles. The van der Waals surface area contributed by atoms with Crippen LogP contribution in [0.4, 0.5) is 5.82 Å². The van der Waals surface area contributed by atoms with Crippen LogP contribution in [0.15, 0.2) is 23.6 Å². The Bertz CT molecular complexity index is 453. The molecular formula is C11H14N4S. The Morgan fingerprint density at radius 3 is 2.94 bits per heavy atom. The van der Waals surface area contributed by atoms with Crippen molar-refractivity contribution >= 4 is 17.2 Å². The van der Waals surface area contributed by atoms with E-state index in [0.29, 0.717) is 5.82 Å². The van der Waals surface area contributed by atoms with Crippen molar-refractivity contribution in [1.82, 2.24) is 10.2 Å². The summed E-state index contributed by atoms with van der Waals surface area (Å²) in [5.41, 5.74) is 4.61. The molecule has 0 atom stereocenters. The maximum Gasteiger partial charge on any atom is 0.165 e. The van der Waals surface area contributed by atoms with Crippen molar-refractivity contribution in [2.75, 3.05) is 5.43 Å². The number of hydrogen-bond donors (Lipinski definition) is 2. The van der Waals surface area contributed by atoms with Crippen molar-refractivity contribution in [2.45, 2.75) is 19.8 Å². The normalized spacial score (nSPS) is 10.4. The Morgan fingerprint density at radius 1 is 1.44 bits per heavy atom. The van der Waals surface area contributed by atoms with E-state index in [1.54, 1.807) is 11.3 Å². The Balaban J connectivity index is 2.39. The first-order chi connectivity index (χ1) is 7.85. The van der Waals surface area contributed by atoms with E-state index >= 15 is 0 Å². The van der Waals surface area contributed by atoms with Crippen molar-refractivity contribution in [3.05, 3.63) is 29.1 Å². The predicted octanol–water partition coefficient (Wildman–Crippen LogP) is 2.44. The molecule has 84 valence electrons. The molecule has 4 nitrogen and oxygen atoms in total. The van der Waals surface area contributed by atoms with Gasteiger partial charge in [0, 0.05) is 0 Å². The molecule has 0 saturated carbocycles. The molecule has 2 rings (SSSR count). The fourth-order valence-corrected chi connectivity index (χ4v) is 2.24. The van der Waals surface area contributed by atoms with Crippen LogP contribution in [0, 0.1) is 0 Å². The molecule has 0 aliphatic rings. The second-order valence-electron chi connectivity index (χ2n) is 3.48. The standard InChI is InChI=1S/C11H14N4S/c1-2-4-8-7-9(10-5-3-6-16-10)14-15-11(8)13-12/h3,5-7H,2,4,12H2,1H3,(H,13,15). The van der Waals surface area contributed by atoms with Crippen LogP contribution < -0.4 is 11.3 Å². The molecule has 2 heterocycles. The summed E-state index contributed by atoms with van der Waals surface area (Å²) in [5.74, 6) is 6.07. The monoisotopic (exact) mass is 234 g/mol. The van der Waals surface area contributed by atoms with Crippen LogP contribution in [-0.4, -0.2) is 10.2 Å². The highest BCUT2D eigenvalue weighted by atomic mass is 32.1. The summed E-state index contributed by atoms with van der Waals surface area (Å²) in [4.78, 5) is 1.13. The van der Waals surface area contributed by atoms with Gasteiger partial charge in [-0.3, -0.25) is 0 Å². The Morgan fingerprint density at radius 2 is 2.31 bits per heavy atom. The van der Waals surface area contributed by atoms with Crippen molar-refractivity contribution in [3.8, 4) is 10.6 Å². The lowest BCUT2D eigenvalue weighted by molar-refractivity contribution is 0.895.